The summed E-state index contributed by atoms with van der Waals surface area (Å²) in [4.78, 5) is 8.20. The van der Waals surface area contributed by atoms with Crippen molar-refractivity contribution in [2.45, 2.75) is 0 Å². The first-order valence-corrected chi connectivity index (χ1v) is 7.16. The van der Waals surface area contributed by atoms with Crippen LogP contribution >= 0.6 is 0 Å². The molecule has 0 saturated carbocycles. The maximum atomic E-state index is 4.47. The van der Waals surface area contributed by atoms with Gasteiger partial charge in [0.2, 0.25) is 0 Å². The highest BCUT2D eigenvalue weighted by Crippen LogP contribution is 2.24. The van der Waals surface area contributed by atoms with Crippen molar-refractivity contribution in [3.8, 4) is 11.3 Å². The van der Waals surface area contributed by atoms with Crippen LogP contribution in [-0.4, -0.2) is 19.7 Å². The normalized spacial score (nSPS) is 19.4. The summed E-state index contributed by atoms with van der Waals surface area (Å²) in [5, 5.41) is 4.47. The Balaban J connectivity index is 1.69. The third kappa shape index (κ3) is 2.46. The van der Waals surface area contributed by atoms with Gasteiger partial charge in [0, 0.05) is 23.9 Å². The number of nitrogens with zero attached hydrogens (tertiary/aromatic N) is 4. The second-order valence-electron chi connectivity index (χ2n) is 5.18. The fourth-order valence-corrected chi connectivity index (χ4v) is 2.55. The lowest BCUT2D eigenvalue weighted by atomic mass is 10.1. The van der Waals surface area contributed by atoms with Crippen molar-refractivity contribution in [1.29, 1.82) is 0 Å². The van der Waals surface area contributed by atoms with Crippen LogP contribution in [0.2, 0.25) is 0 Å². The molecule has 106 valence electrons. The van der Waals surface area contributed by atoms with E-state index in [1.165, 1.54) is 5.57 Å². The zero-order valence-electron chi connectivity index (χ0n) is 11.9. The van der Waals surface area contributed by atoms with E-state index < -0.39 is 0 Å². The number of hydrogen-bond donors (Lipinski definition) is 0. The van der Waals surface area contributed by atoms with E-state index in [2.05, 4.69) is 63.7 Å². The van der Waals surface area contributed by atoms with E-state index in [0.29, 0.717) is 0 Å². The fourth-order valence-electron chi connectivity index (χ4n) is 2.55. The molecule has 0 aromatic carbocycles. The van der Waals surface area contributed by atoms with Gasteiger partial charge in [-0.25, -0.2) is 14.6 Å². The van der Waals surface area contributed by atoms with Gasteiger partial charge in [0.15, 0.2) is 0 Å². The van der Waals surface area contributed by atoms with Gasteiger partial charge in [-0.1, -0.05) is 36.5 Å². The molecular formula is C18H14N4. The van der Waals surface area contributed by atoms with Crippen LogP contribution in [0, 0.1) is 5.92 Å². The summed E-state index contributed by atoms with van der Waals surface area (Å²) in [7, 11) is 0. The molecule has 1 unspecified atom stereocenters. The highest BCUT2D eigenvalue weighted by atomic mass is 15.3. The Morgan fingerprint density at radius 1 is 1.05 bits per heavy atom. The molecule has 4 nitrogen and oxygen atoms in total. The van der Waals surface area contributed by atoms with Crippen LogP contribution in [0.25, 0.3) is 17.0 Å². The Bertz CT molecular complexity index is 835. The van der Waals surface area contributed by atoms with Gasteiger partial charge in [0.05, 0.1) is 17.6 Å². The summed E-state index contributed by atoms with van der Waals surface area (Å²) in [6, 6.07) is 1.88. The van der Waals surface area contributed by atoms with Crippen molar-refractivity contribution in [2.75, 3.05) is 0 Å². The van der Waals surface area contributed by atoms with Crippen LogP contribution in [0.1, 0.15) is 0 Å². The Hall–Kier alpha value is -3.01. The van der Waals surface area contributed by atoms with Gasteiger partial charge < -0.3 is 0 Å². The lowest BCUT2D eigenvalue weighted by Gasteiger charge is -2.04. The van der Waals surface area contributed by atoms with Crippen molar-refractivity contribution < 1.29 is 0 Å². The smallest absolute Gasteiger partial charge is 0.116 e. The minimum Gasteiger partial charge on any atom is -0.245 e. The molecule has 2 aromatic rings. The molecule has 0 fully saturated rings. The predicted molar refractivity (Wildman–Crippen MR) is 86.5 cm³/mol. The van der Waals surface area contributed by atoms with E-state index in [1.54, 1.807) is 12.5 Å². The summed E-state index contributed by atoms with van der Waals surface area (Å²) in [5.74, 6) is 0.279. The van der Waals surface area contributed by atoms with Crippen molar-refractivity contribution in [1.82, 2.24) is 19.7 Å². The van der Waals surface area contributed by atoms with Gasteiger partial charge in [-0.3, -0.25) is 0 Å². The van der Waals surface area contributed by atoms with E-state index in [1.807, 2.05) is 23.1 Å². The first kappa shape index (κ1) is 12.7. The van der Waals surface area contributed by atoms with Crippen molar-refractivity contribution in [3.05, 3.63) is 85.2 Å². The van der Waals surface area contributed by atoms with Crippen LogP contribution < -0.4 is 0 Å². The Morgan fingerprint density at radius 3 is 2.95 bits per heavy atom. The molecule has 4 rings (SSSR count). The molecule has 2 bridgehead atoms. The van der Waals surface area contributed by atoms with Gasteiger partial charge in [-0.2, -0.15) is 5.10 Å². The quantitative estimate of drug-likeness (QED) is 0.849. The van der Waals surface area contributed by atoms with Crippen molar-refractivity contribution in [3.63, 3.8) is 0 Å². The molecular weight excluding hydrogens is 272 g/mol. The van der Waals surface area contributed by atoms with Crippen LogP contribution in [0.5, 0.6) is 0 Å². The Morgan fingerprint density at radius 2 is 2.05 bits per heavy atom. The molecule has 2 heterocycles. The van der Waals surface area contributed by atoms with E-state index in [-0.39, 0.29) is 5.92 Å². The highest BCUT2D eigenvalue weighted by Gasteiger charge is 2.10. The average Bonchev–Trinajstić information content (AvgIpc) is 2.83. The lowest BCUT2D eigenvalue weighted by molar-refractivity contribution is 0.898. The van der Waals surface area contributed by atoms with Crippen molar-refractivity contribution in [2.24, 2.45) is 5.92 Å². The number of allylic oxidation sites excluding steroid dienone is 10. The average molecular weight is 286 g/mol. The molecule has 2 aliphatic rings. The second-order valence-corrected chi connectivity index (χ2v) is 5.18. The molecule has 0 spiro atoms. The van der Waals surface area contributed by atoms with E-state index in [9.17, 15) is 0 Å². The molecule has 0 radical (unpaired) electrons. The largest absolute Gasteiger partial charge is 0.245 e. The maximum absolute atomic E-state index is 4.47. The summed E-state index contributed by atoms with van der Waals surface area (Å²) in [5.41, 5.74) is 4.12. The SMILES string of the molecule is C1=CC2=CC(C=C1)C=C(n1cc(-c3ccncn3)cn1)C=C2. The number of aromatic nitrogens is 4. The monoisotopic (exact) mass is 286 g/mol. The van der Waals surface area contributed by atoms with Gasteiger partial charge in [-0.05, 0) is 23.8 Å². The third-order valence-corrected chi connectivity index (χ3v) is 3.65. The third-order valence-electron chi connectivity index (χ3n) is 3.65. The molecule has 2 aromatic heterocycles. The van der Waals surface area contributed by atoms with Crippen molar-refractivity contribution >= 4 is 5.70 Å². The zero-order chi connectivity index (χ0) is 14.8. The Labute approximate surface area is 128 Å². The minimum absolute atomic E-state index is 0.279. The summed E-state index contributed by atoms with van der Waals surface area (Å²) < 4.78 is 1.89. The molecule has 0 saturated heterocycles. The second kappa shape index (κ2) is 5.41. The summed E-state index contributed by atoms with van der Waals surface area (Å²) in [6.45, 7) is 0. The fraction of sp³-hybridized carbons (Fsp3) is 0.0556. The number of rotatable bonds is 2. The van der Waals surface area contributed by atoms with Gasteiger partial charge in [0.25, 0.3) is 0 Å². The summed E-state index contributed by atoms with van der Waals surface area (Å²) >= 11 is 0. The van der Waals surface area contributed by atoms with Crippen LogP contribution in [0.3, 0.4) is 0 Å². The molecule has 0 amide bonds. The predicted octanol–water partition coefficient (Wildman–Crippen LogP) is 3.42. The molecule has 22 heavy (non-hydrogen) atoms. The van der Waals surface area contributed by atoms with E-state index in [4.69, 9.17) is 0 Å². The van der Waals surface area contributed by atoms with Gasteiger partial charge in [0.1, 0.15) is 6.33 Å². The van der Waals surface area contributed by atoms with E-state index >= 15 is 0 Å². The molecule has 4 heteroatoms. The zero-order valence-corrected chi connectivity index (χ0v) is 11.9. The first-order valence-electron chi connectivity index (χ1n) is 7.16. The molecule has 2 aliphatic carbocycles. The standard InChI is InChI=1S/C18H14N4/c1-2-4-15-9-14(3-1)5-6-17(10-15)22-12-16(11-21-22)18-7-8-19-13-20-18/h1-13,15H. The van der Waals surface area contributed by atoms with Crippen LogP contribution in [0.15, 0.2) is 85.2 Å². The number of hydrogen-bond acceptors (Lipinski definition) is 3. The molecule has 0 aliphatic heterocycles. The van der Waals surface area contributed by atoms with E-state index in [0.717, 1.165) is 17.0 Å². The minimum atomic E-state index is 0.279. The molecule has 0 N–H and O–H groups in total. The first-order chi connectivity index (χ1) is 10.9. The Kier molecular flexibility index (Phi) is 3.12. The maximum Gasteiger partial charge on any atom is 0.116 e. The highest BCUT2D eigenvalue weighted by molar-refractivity contribution is 5.65. The number of fused-ring (bicyclic) bond motifs is 1. The van der Waals surface area contributed by atoms with Crippen LogP contribution in [0.4, 0.5) is 0 Å². The molecule has 1 atom stereocenters. The lowest BCUT2D eigenvalue weighted by Crippen LogP contribution is -1.97. The topological polar surface area (TPSA) is 43.6 Å². The summed E-state index contributed by atoms with van der Waals surface area (Å²) in [6.07, 6.45) is 24.2. The van der Waals surface area contributed by atoms with Crippen LogP contribution in [-0.2, 0) is 0 Å². The van der Waals surface area contributed by atoms with Gasteiger partial charge >= 0.3 is 0 Å². The van der Waals surface area contributed by atoms with Gasteiger partial charge in [-0.15, -0.1) is 0 Å².